The molecular weight excluding hydrogens is 316 g/mol. The summed E-state index contributed by atoms with van der Waals surface area (Å²) in [6.07, 6.45) is 7.23. The molecule has 1 aliphatic rings. The molecule has 2 aromatic rings. The monoisotopic (exact) mass is 342 g/mol. The summed E-state index contributed by atoms with van der Waals surface area (Å²) in [5.41, 5.74) is 9.79. The van der Waals surface area contributed by atoms with E-state index in [-0.39, 0.29) is 0 Å². The van der Waals surface area contributed by atoms with Crippen molar-refractivity contribution in [3.63, 3.8) is 0 Å². The van der Waals surface area contributed by atoms with Crippen LogP contribution in [-0.2, 0) is 6.42 Å². The second-order valence-electron chi connectivity index (χ2n) is 6.52. The Morgan fingerprint density at radius 2 is 1.96 bits per heavy atom. The fourth-order valence-electron chi connectivity index (χ4n) is 3.32. The van der Waals surface area contributed by atoms with Crippen LogP contribution < -0.4 is 16.4 Å². The number of nitrogen functional groups attached to an aromatic ring is 1. The van der Waals surface area contributed by atoms with Gasteiger partial charge in [-0.15, -0.1) is 0 Å². The molecule has 5 heteroatoms. The lowest BCUT2D eigenvalue weighted by Gasteiger charge is -2.30. The van der Waals surface area contributed by atoms with Gasteiger partial charge in [0.15, 0.2) is 0 Å². The van der Waals surface area contributed by atoms with Crippen LogP contribution in [0.4, 0.5) is 11.4 Å². The summed E-state index contributed by atoms with van der Waals surface area (Å²) in [5.74, 6) is 0. The van der Waals surface area contributed by atoms with E-state index < -0.39 is 0 Å². The first-order valence-corrected chi connectivity index (χ1v) is 9.60. The molecule has 1 fully saturated rings. The van der Waals surface area contributed by atoms with Crippen molar-refractivity contribution < 1.29 is 0 Å². The summed E-state index contributed by atoms with van der Waals surface area (Å²) in [6, 6.07) is 9.22. The molecular formula is C19H26N4S. The number of nitrogens with two attached hydrogens (primary N) is 1. The van der Waals surface area contributed by atoms with Gasteiger partial charge in [-0.2, -0.15) is 11.3 Å². The average molecular weight is 343 g/mol. The van der Waals surface area contributed by atoms with Crippen molar-refractivity contribution in [2.75, 3.05) is 17.6 Å². The lowest BCUT2D eigenvalue weighted by molar-refractivity contribution is 0.356. The molecule has 4 nitrogen and oxygen atoms in total. The Bertz CT molecular complexity index is 645. The van der Waals surface area contributed by atoms with Crippen molar-refractivity contribution in [3.05, 3.63) is 46.2 Å². The lowest BCUT2D eigenvalue weighted by Crippen LogP contribution is -2.37. The zero-order chi connectivity index (χ0) is 16.8. The van der Waals surface area contributed by atoms with Gasteiger partial charge >= 0.3 is 0 Å². The highest BCUT2D eigenvalue weighted by Gasteiger charge is 2.20. The van der Waals surface area contributed by atoms with E-state index in [0.29, 0.717) is 17.8 Å². The van der Waals surface area contributed by atoms with Crippen LogP contribution in [0.3, 0.4) is 0 Å². The Morgan fingerprint density at radius 1 is 1.17 bits per heavy atom. The summed E-state index contributed by atoms with van der Waals surface area (Å²) in [6.45, 7) is 1.07. The first-order valence-electron chi connectivity index (χ1n) is 8.65. The maximum atomic E-state index is 7.40. The lowest BCUT2D eigenvalue weighted by atomic mass is 9.91. The second-order valence-corrected chi connectivity index (χ2v) is 7.30. The topological polar surface area (TPSA) is 73.9 Å². The molecule has 1 aromatic carbocycles. The molecule has 0 amide bonds. The largest absolute Gasteiger partial charge is 0.398 e. The van der Waals surface area contributed by atoms with Gasteiger partial charge in [-0.1, -0.05) is 0 Å². The van der Waals surface area contributed by atoms with Crippen molar-refractivity contribution in [3.8, 4) is 0 Å². The van der Waals surface area contributed by atoms with E-state index in [1.54, 1.807) is 11.3 Å². The van der Waals surface area contributed by atoms with E-state index in [1.165, 1.54) is 37.5 Å². The number of rotatable bonds is 7. The number of hydrogen-bond acceptors (Lipinski definition) is 5. The molecule has 0 saturated heterocycles. The van der Waals surface area contributed by atoms with E-state index in [1.807, 2.05) is 18.2 Å². The minimum Gasteiger partial charge on any atom is -0.398 e. The maximum absolute atomic E-state index is 7.40. The summed E-state index contributed by atoms with van der Waals surface area (Å²) < 4.78 is 0. The second kappa shape index (κ2) is 8.31. The first kappa shape index (κ1) is 17.0. The third-order valence-electron chi connectivity index (χ3n) is 4.77. The Labute approximate surface area is 148 Å². The normalized spacial score (nSPS) is 20.7. The predicted molar refractivity (Wildman–Crippen MR) is 104 cm³/mol. The predicted octanol–water partition coefficient (Wildman–Crippen LogP) is 3.88. The van der Waals surface area contributed by atoms with Gasteiger partial charge in [-0.3, -0.25) is 0 Å². The van der Waals surface area contributed by atoms with Crippen molar-refractivity contribution in [1.29, 1.82) is 5.41 Å². The molecule has 5 N–H and O–H groups in total. The summed E-state index contributed by atoms with van der Waals surface area (Å²) in [7, 11) is 0. The molecule has 0 atom stereocenters. The quantitative estimate of drug-likeness (QED) is 0.456. The van der Waals surface area contributed by atoms with Gasteiger partial charge in [-0.05, 0) is 79.2 Å². The molecule has 1 saturated carbocycles. The van der Waals surface area contributed by atoms with Gasteiger partial charge in [0.2, 0.25) is 0 Å². The minimum atomic E-state index is 0.516. The third-order valence-corrected chi connectivity index (χ3v) is 5.50. The Morgan fingerprint density at radius 3 is 2.67 bits per heavy atom. The first-order chi connectivity index (χ1) is 11.7. The molecule has 24 heavy (non-hydrogen) atoms. The zero-order valence-electron chi connectivity index (χ0n) is 13.9. The molecule has 1 aliphatic carbocycles. The van der Waals surface area contributed by atoms with Crippen molar-refractivity contribution >= 4 is 28.9 Å². The maximum Gasteiger partial charge on any atom is 0.0404 e. The molecule has 128 valence electrons. The van der Waals surface area contributed by atoms with E-state index in [4.69, 9.17) is 11.1 Å². The van der Waals surface area contributed by atoms with Crippen LogP contribution in [0.5, 0.6) is 0 Å². The third kappa shape index (κ3) is 4.58. The number of anilines is 2. The van der Waals surface area contributed by atoms with Crippen LogP contribution in [0.1, 0.15) is 36.8 Å². The van der Waals surface area contributed by atoms with Gasteiger partial charge in [0.05, 0.1) is 0 Å². The van der Waals surface area contributed by atoms with Crippen LogP contribution in [0.2, 0.25) is 0 Å². The van der Waals surface area contributed by atoms with Gasteiger partial charge in [0.1, 0.15) is 0 Å². The Balaban J connectivity index is 1.41. The van der Waals surface area contributed by atoms with Crippen LogP contribution >= 0.6 is 11.3 Å². The van der Waals surface area contributed by atoms with Crippen LogP contribution in [-0.4, -0.2) is 24.8 Å². The molecule has 0 bridgehead atoms. The highest BCUT2D eigenvalue weighted by atomic mass is 32.1. The fraction of sp³-hybridized carbons (Fsp3) is 0.421. The number of nitrogens with one attached hydrogen (secondary N) is 3. The zero-order valence-corrected chi connectivity index (χ0v) is 14.7. The van der Waals surface area contributed by atoms with Gasteiger partial charge in [0.25, 0.3) is 0 Å². The van der Waals surface area contributed by atoms with E-state index >= 15 is 0 Å². The van der Waals surface area contributed by atoms with E-state index in [0.717, 1.165) is 24.2 Å². The molecule has 0 unspecified atom stereocenters. The van der Waals surface area contributed by atoms with Gasteiger partial charge < -0.3 is 21.8 Å². The summed E-state index contributed by atoms with van der Waals surface area (Å²) >= 11 is 1.77. The van der Waals surface area contributed by atoms with Gasteiger partial charge in [-0.25, -0.2) is 0 Å². The smallest absolute Gasteiger partial charge is 0.0404 e. The van der Waals surface area contributed by atoms with Crippen LogP contribution in [0.25, 0.3) is 0 Å². The Hall–Kier alpha value is -1.85. The van der Waals surface area contributed by atoms with E-state index in [9.17, 15) is 0 Å². The fourth-order valence-corrected chi connectivity index (χ4v) is 4.03. The van der Waals surface area contributed by atoms with Crippen molar-refractivity contribution in [1.82, 2.24) is 5.32 Å². The van der Waals surface area contributed by atoms with Crippen LogP contribution in [0.15, 0.2) is 35.0 Å². The molecule has 0 radical (unpaired) electrons. The molecule has 1 heterocycles. The average Bonchev–Trinajstić information content (AvgIpc) is 3.11. The van der Waals surface area contributed by atoms with E-state index in [2.05, 4.69) is 27.5 Å². The van der Waals surface area contributed by atoms with Gasteiger partial charge in [0, 0.05) is 35.2 Å². The minimum absolute atomic E-state index is 0.516. The standard InChI is InChI=1S/C19H26N4S/c20-12-15-11-18(5-6-19(15)21)23-17-3-1-16(2-4-17)22-9-7-14-8-10-24-13-14/h5-6,8,10-13,16-17,20,22-23H,1-4,7,9,21H2. The molecule has 0 spiro atoms. The molecule has 3 rings (SSSR count). The molecule has 0 aliphatic heterocycles. The summed E-state index contributed by atoms with van der Waals surface area (Å²) in [4.78, 5) is 0. The highest BCUT2D eigenvalue weighted by molar-refractivity contribution is 7.07. The number of benzene rings is 1. The molecule has 1 aromatic heterocycles. The van der Waals surface area contributed by atoms with Crippen molar-refractivity contribution in [2.45, 2.75) is 44.2 Å². The highest BCUT2D eigenvalue weighted by Crippen LogP contribution is 2.24. The Kier molecular flexibility index (Phi) is 5.88. The van der Waals surface area contributed by atoms with Crippen molar-refractivity contribution in [2.24, 2.45) is 0 Å². The summed E-state index contributed by atoms with van der Waals surface area (Å²) in [5, 5.41) is 19.1. The number of hydrogen-bond donors (Lipinski definition) is 4. The SMILES string of the molecule is N=Cc1cc(NC2CCC(NCCc3ccsc3)CC2)ccc1N. The van der Waals surface area contributed by atoms with Crippen LogP contribution in [0, 0.1) is 5.41 Å². The number of thiophene rings is 1.